The zero-order valence-corrected chi connectivity index (χ0v) is 10.2. The maximum Gasteiger partial charge on any atom is 0.358 e. The number of ether oxygens (including phenoxy) is 1. The molecule has 7 heteroatoms. The molecule has 0 spiro atoms. The number of rotatable bonds is 10. The van der Waals surface area contributed by atoms with Gasteiger partial charge < -0.3 is 15.2 Å². The van der Waals surface area contributed by atoms with E-state index in [0.717, 1.165) is 13.0 Å². The van der Waals surface area contributed by atoms with Crippen LogP contribution in [0.25, 0.3) is 0 Å². The molecule has 0 bridgehead atoms. The minimum atomic E-state index is -1.06. The summed E-state index contributed by atoms with van der Waals surface area (Å²) < 4.78 is 6.81. The number of aromatic nitrogens is 3. The molecule has 0 radical (unpaired) electrons. The van der Waals surface area contributed by atoms with E-state index in [1.165, 1.54) is 10.9 Å². The van der Waals surface area contributed by atoms with Crippen molar-refractivity contribution >= 4 is 5.97 Å². The van der Waals surface area contributed by atoms with Crippen LogP contribution < -0.4 is 5.32 Å². The van der Waals surface area contributed by atoms with E-state index < -0.39 is 5.97 Å². The fraction of sp³-hybridized carbons (Fsp3) is 0.545. The average Bonchev–Trinajstić information content (AvgIpc) is 2.81. The lowest BCUT2D eigenvalue weighted by Gasteiger charge is -2.05. The van der Waals surface area contributed by atoms with Gasteiger partial charge in [0.25, 0.3) is 0 Å². The minimum absolute atomic E-state index is 0.0391. The fourth-order valence-electron chi connectivity index (χ4n) is 1.24. The van der Waals surface area contributed by atoms with Crippen LogP contribution in [0.2, 0.25) is 0 Å². The SMILES string of the molecule is C=CCCOCCNCCn1cc(C(=O)O)nn1. The lowest BCUT2D eigenvalue weighted by atomic mass is 10.4. The number of carbonyl (C=O) groups is 1. The third-order valence-electron chi connectivity index (χ3n) is 2.16. The Morgan fingerprint density at radius 3 is 3.06 bits per heavy atom. The van der Waals surface area contributed by atoms with Gasteiger partial charge in [-0.2, -0.15) is 0 Å². The minimum Gasteiger partial charge on any atom is -0.476 e. The summed E-state index contributed by atoms with van der Waals surface area (Å²) in [5, 5.41) is 19.0. The molecule has 1 aromatic heterocycles. The van der Waals surface area contributed by atoms with Crippen LogP contribution in [-0.2, 0) is 11.3 Å². The molecule has 0 aliphatic carbocycles. The summed E-state index contributed by atoms with van der Waals surface area (Å²) >= 11 is 0. The van der Waals surface area contributed by atoms with Crippen LogP contribution in [0.1, 0.15) is 16.9 Å². The van der Waals surface area contributed by atoms with Gasteiger partial charge in [0, 0.05) is 13.1 Å². The van der Waals surface area contributed by atoms with Gasteiger partial charge in [-0.25, -0.2) is 4.79 Å². The third-order valence-corrected chi connectivity index (χ3v) is 2.16. The molecule has 0 unspecified atom stereocenters. The molecular formula is C11H18N4O3. The van der Waals surface area contributed by atoms with Crippen molar-refractivity contribution in [2.75, 3.05) is 26.3 Å². The summed E-state index contributed by atoms with van der Waals surface area (Å²) in [6.45, 7) is 6.95. The largest absolute Gasteiger partial charge is 0.476 e. The van der Waals surface area contributed by atoms with Crippen molar-refractivity contribution in [1.29, 1.82) is 0 Å². The van der Waals surface area contributed by atoms with E-state index in [9.17, 15) is 4.79 Å². The summed E-state index contributed by atoms with van der Waals surface area (Å²) in [6.07, 6.45) is 4.08. The van der Waals surface area contributed by atoms with Gasteiger partial charge in [0.2, 0.25) is 0 Å². The van der Waals surface area contributed by atoms with Crippen LogP contribution in [0.15, 0.2) is 18.9 Å². The highest BCUT2D eigenvalue weighted by molar-refractivity contribution is 5.84. The van der Waals surface area contributed by atoms with Crippen LogP contribution in [-0.4, -0.2) is 52.4 Å². The topological polar surface area (TPSA) is 89.3 Å². The molecule has 1 heterocycles. The van der Waals surface area contributed by atoms with Gasteiger partial charge in [-0.05, 0) is 6.42 Å². The molecular weight excluding hydrogens is 236 g/mol. The van der Waals surface area contributed by atoms with Crippen LogP contribution >= 0.6 is 0 Å². The van der Waals surface area contributed by atoms with E-state index in [0.29, 0.717) is 26.3 Å². The molecule has 0 fully saturated rings. The van der Waals surface area contributed by atoms with E-state index in [1.54, 1.807) is 0 Å². The zero-order valence-electron chi connectivity index (χ0n) is 10.2. The Labute approximate surface area is 105 Å². The summed E-state index contributed by atoms with van der Waals surface area (Å²) in [6, 6.07) is 0. The second kappa shape index (κ2) is 8.37. The lowest BCUT2D eigenvalue weighted by Crippen LogP contribution is -2.24. The first-order valence-electron chi connectivity index (χ1n) is 5.77. The van der Waals surface area contributed by atoms with Gasteiger partial charge in [-0.15, -0.1) is 11.7 Å². The monoisotopic (exact) mass is 254 g/mol. The van der Waals surface area contributed by atoms with E-state index in [4.69, 9.17) is 9.84 Å². The molecule has 0 amide bonds. The van der Waals surface area contributed by atoms with Crippen molar-refractivity contribution in [2.45, 2.75) is 13.0 Å². The van der Waals surface area contributed by atoms with Gasteiger partial charge in [0.15, 0.2) is 5.69 Å². The summed E-state index contributed by atoms with van der Waals surface area (Å²) in [5.41, 5.74) is -0.0391. The van der Waals surface area contributed by atoms with Crippen molar-refractivity contribution < 1.29 is 14.6 Å². The Kier molecular flexibility index (Phi) is 6.67. The normalized spacial score (nSPS) is 10.4. The fourth-order valence-corrected chi connectivity index (χ4v) is 1.24. The van der Waals surface area contributed by atoms with Crippen molar-refractivity contribution in [2.24, 2.45) is 0 Å². The maximum atomic E-state index is 10.6. The van der Waals surface area contributed by atoms with Crippen LogP contribution in [0, 0.1) is 0 Å². The molecule has 2 N–H and O–H groups in total. The van der Waals surface area contributed by atoms with Gasteiger partial charge in [0.1, 0.15) is 0 Å². The highest BCUT2D eigenvalue weighted by Gasteiger charge is 2.07. The van der Waals surface area contributed by atoms with Gasteiger partial charge >= 0.3 is 5.97 Å². The second-order valence-electron chi connectivity index (χ2n) is 3.61. The molecule has 0 aromatic carbocycles. The third kappa shape index (κ3) is 5.55. The molecule has 100 valence electrons. The van der Waals surface area contributed by atoms with Crippen LogP contribution in [0.3, 0.4) is 0 Å². The maximum absolute atomic E-state index is 10.6. The molecule has 0 saturated heterocycles. The molecule has 0 aliphatic heterocycles. The molecule has 0 aliphatic rings. The predicted octanol–water partition coefficient (Wildman–Crippen LogP) is 0.159. The molecule has 1 aromatic rings. The van der Waals surface area contributed by atoms with E-state index in [1.807, 2.05) is 6.08 Å². The van der Waals surface area contributed by atoms with Gasteiger partial charge in [0.05, 0.1) is 26.0 Å². The lowest BCUT2D eigenvalue weighted by molar-refractivity contribution is 0.0690. The van der Waals surface area contributed by atoms with Gasteiger partial charge in [-0.1, -0.05) is 11.3 Å². The van der Waals surface area contributed by atoms with Crippen molar-refractivity contribution in [3.63, 3.8) is 0 Å². The first-order valence-corrected chi connectivity index (χ1v) is 5.77. The van der Waals surface area contributed by atoms with Crippen molar-refractivity contribution in [1.82, 2.24) is 20.3 Å². The predicted molar refractivity (Wildman–Crippen MR) is 65.5 cm³/mol. The average molecular weight is 254 g/mol. The molecule has 1 rings (SSSR count). The second-order valence-corrected chi connectivity index (χ2v) is 3.61. The highest BCUT2D eigenvalue weighted by Crippen LogP contribution is 1.91. The summed E-state index contributed by atoms with van der Waals surface area (Å²) in [7, 11) is 0. The number of carboxylic acids is 1. The van der Waals surface area contributed by atoms with Gasteiger partial charge in [-0.3, -0.25) is 4.68 Å². The summed E-state index contributed by atoms with van der Waals surface area (Å²) in [4.78, 5) is 10.6. The van der Waals surface area contributed by atoms with Crippen LogP contribution in [0.4, 0.5) is 0 Å². The quantitative estimate of drug-likeness (QED) is 0.456. The van der Waals surface area contributed by atoms with E-state index >= 15 is 0 Å². The smallest absolute Gasteiger partial charge is 0.358 e. The number of hydrogen-bond acceptors (Lipinski definition) is 5. The van der Waals surface area contributed by atoms with Crippen molar-refractivity contribution in [3.8, 4) is 0 Å². The molecule has 7 nitrogen and oxygen atoms in total. The Balaban J connectivity index is 2.03. The number of hydrogen-bond donors (Lipinski definition) is 2. The Morgan fingerprint density at radius 2 is 2.39 bits per heavy atom. The van der Waals surface area contributed by atoms with Crippen molar-refractivity contribution in [3.05, 3.63) is 24.5 Å². The standard InChI is InChI=1S/C11H18N4O3/c1-2-3-7-18-8-5-12-4-6-15-9-10(11(16)17)13-14-15/h2,9,12H,1,3-8H2,(H,16,17). The molecule has 0 saturated carbocycles. The first kappa shape index (κ1) is 14.3. The Hall–Kier alpha value is -1.73. The van der Waals surface area contributed by atoms with E-state index in [-0.39, 0.29) is 5.69 Å². The highest BCUT2D eigenvalue weighted by atomic mass is 16.5. The first-order chi connectivity index (χ1) is 8.74. The molecule has 0 atom stereocenters. The summed E-state index contributed by atoms with van der Waals surface area (Å²) in [5.74, 6) is -1.06. The van der Waals surface area contributed by atoms with E-state index in [2.05, 4.69) is 22.2 Å². The Morgan fingerprint density at radius 1 is 1.56 bits per heavy atom. The number of carboxylic acid groups (broad SMARTS) is 1. The number of nitrogens with zero attached hydrogens (tertiary/aromatic N) is 3. The number of nitrogens with one attached hydrogen (secondary N) is 1. The molecule has 18 heavy (non-hydrogen) atoms. The number of aromatic carboxylic acids is 1. The zero-order chi connectivity index (χ0) is 13.2. The Bertz CT molecular complexity index is 378. The van der Waals surface area contributed by atoms with Crippen LogP contribution in [0.5, 0.6) is 0 Å².